The number of nitrogen functional groups attached to an aromatic ring is 1. The Bertz CT molecular complexity index is 1410. The Morgan fingerprint density at radius 2 is 1.97 bits per heavy atom. The number of rotatable bonds is 1. The molecule has 0 aliphatic carbocycles. The Labute approximate surface area is 184 Å². The molecule has 2 aliphatic rings. The molecule has 168 valence electrons. The second kappa shape index (κ2) is 7.75. The zero-order valence-corrected chi connectivity index (χ0v) is 18.5. The highest BCUT2D eigenvalue weighted by atomic mass is 32.2. The predicted octanol–water partition coefficient (Wildman–Crippen LogP) is 0.949. The van der Waals surface area contributed by atoms with Gasteiger partial charge in [-0.15, -0.1) is 0 Å². The average Bonchev–Trinajstić information content (AvgIpc) is 3.05. The molecule has 0 saturated carbocycles. The number of sulfonamides is 1. The SMILES string of the molecule is CS(=O)(=O)N1CCc2c3cc(cc2C1)Cn1c(=O)[nH]c2c(N)nc(nc21)OCC/C=C\C3. The Balaban J connectivity index is 1.65. The molecule has 4 heterocycles. The fourth-order valence-corrected chi connectivity index (χ4v) is 5.16. The van der Waals surface area contributed by atoms with E-state index in [-0.39, 0.29) is 24.1 Å². The number of hydrogen-bond donors (Lipinski definition) is 2. The van der Waals surface area contributed by atoms with Crippen molar-refractivity contribution >= 4 is 27.0 Å². The minimum atomic E-state index is -3.29. The van der Waals surface area contributed by atoms with Gasteiger partial charge in [0.05, 0.1) is 19.4 Å². The topological polar surface area (TPSA) is 136 Å². The van der Waals surface area contributed by atoms with Gasteiger partial charge in [0.2, 0.25) is 10.0 Å². The number of fused-ring (bicyclic) bond motifs is 5. The van der Waals surface area contributed by atoms with Gasteiger partial charge in [0.15, 0.2) is 11.5 Å². The summed E-state index contributed by atoms with van der Waals surface area (Å²) in [6.45, 7) is 1.44. The van der Waals surface area contributed by atoms with Gasteiger partial charge in [-0.1, -0.05) is 24.3 Å². The van der Waals surface area contributed by atoms with E-state index in [0.29, 0.717) is 43.7 Å². The van der Waals surface area contributed by atoms with Crippen LogP contribution in [0.2, 0.25) is 0 Å². The zero-order valence-electron chi connectivity index (χ0n) is 17.7. The fraction of sp³-hybridized carbons (Fsp3) is 0.381. The van der Waals surface area contributed by atoms with Gasteiger partial charge >= 0.3 is 11.7 Å². The number of aromatic nitrogens is 4. The smallest absolute Gasteiger partial charge is 0.328 e. The van der Waals surface area contributed by atoms with Crippen molar-refractivity contribution in [2.45, 2.75) is 32.4 Å². The Hall–Kier alpha value is -3.18. The minimum Gasteiger partial charge on any atom is -0.463 e. The van der Waals surface area contributed by atoms with E-state index in [0.717, 1.165) is 23.1 Å². The molecule has 0 fully saturated rings. The van der Waals surface area contributed by atoms with Crippen LogP contribution in [0.25, 0.3) is 11.2 Å². The third-order valence-electron chi connectivity index (χ3n) is 5.91. The van der Waals surface area contributed by atoms with Crippen molar-refractivity contribution in [2.75, 3.05) is 25.1 Å². The van der Waals surface area contributed by atoms with Crippen molar-refractivity contribution in [2.24, 2.45) is 0 Å². The predicted molar refractivity (Wildman–Crippen MR) is 120 cm³/mol. The van der Waals surface area contributed by atoms with Gasteiger partial charge in [-0.3, -0.25) is 4.57 Å². The van der Waals surface area contributed by atoms with Crippen LogP contribution in [0.15, 0.2) is 29.1 Å². The van der Waals surface area contributed by atoms with Crippen molar-refractivity contribution in [3.05, 3.63) is 57.0 Å². The number of benzene rings is 1. The number of aromatic amines is 1. The molecule has 0 saturated heterocycles. The first-order chi connectivity index (χ1) is 15.3. The number of nitrogens with two attached hydrogens (primary N) is 1. The highest BCUT2D eigenvalue weighted by molar-refractivity contribution is 7.88. The Kier molecular flexibility index (Phi) is 5.01. The van der Waals surface area contributed by atoms with Gasteiger partial charge in [-0.05, 0) is 41.5 Å². The van der Waals surface area contributed by atoms with Crippen LogP contribution >= 0.6 is 0 Å². The third-order valence-corrected chi connectivity index (χ3v) is 7.16. The van der Waals surface area contributed by atoms with Crippen molar-refractivity contribution in [3.8, 4) is 6.01 Å². The molecule has 5 rings (SSSR count). The average molecular weight is 457 g/mol. The van der Waals surface area contributed by atoms with Gasteiger partial charge < -0.3 is 15.5 Å². The summed E-state index contributed by atoms with van der Waals surface area (Å²) in [6.07, 6.45) is 7.43. The van der Waals surface area contributed by atoms with Crippen molar-refractivity contribution in [3.63, 3.8) is 0 Å². The van der Waals surface area contributed by atoms with Gasteiger partial charge in [0, 0.05) is 13.1 Å². The van der Waals surface area contributed by atoms with E-state index in [2.05, 4.69) is 27.1 Å². The van der Waals surface area contributed by atoms with E-state index in [1.165, 1.54) is 20.7 Å². The molecular formula is C21H24N6O4S. The zero-order chi connectivity index (χ0) is 22.5. The van der Waals surface area contributed by atoms with Crippen LogP contribution in [0.5, 0.6) is 6.01 Å². The minimum absolute atomic E-state index is 0.128. The second-order valence-electron chi connectivity index (χ2n) is 8.16. The van der Waals surface area contributed by atoms with E-state index in [1.54, 1.807) is 0 Å². The highest BCUT2D eigenvalue weighted by Crippen LogP contribution is 2.28. The summed E-state index contributed by atoms with van der Waals surface area (Å²) >= 11 is 0. The van der Waals surface area contributed by atoms with Crippen molar-refractivity contribution in [1.82, 2.24) is 23.8 Å². The lowest BCUT2D eigenvalue weighted by atomic mass is 9.91. The quantitative estimate of drug-likeness (QED) is 0.520. The second-order valence-corrected chi connectivity index (χ2v) is 10.1. The number of hydrogen-bond acceptors (Lipinski definition) is 7. The van der Waals surface area contributed by atoms with E-state index in [1.807, 2.05) is 12.1 Å². The standard InChI is InChI=1S/C21H24N6O4S/c1-32(29,30)26-7-6-16-14-5-3-2-4-8-31-20-24-18(22)17-19(25-20)27(21(28)23-17)11-13(9-14)10-15(16)12-26/h2-3,9-10H,4-8,11-12H2,1H3,(H,23,28)(H2,22,24,25)/b3-2-. The van der Waals surface area contributed by atoms with E-state index in [4.69, 9.17) is 10.5 Å². The molecule has 0 atom stereocenters. The molecule has 1 aromatic carbocycles. The molecule has 0 radical (unpaired) electrons. The molecule has 0 unspecified atom stereocenters. The number of anilines is 1. The van der Waals surface area contributed by atoms with E-state index in [9.17, 15) is 13.2 Å². The lowest BCUT2D eigenvalue weighted by Crippen LogP contribution is -2.35. The lowest BCUT2D eigenvalue weighted by molar-refractivity contribution is 0.300. The Morgan fingerprint density at radius 1 is 1.16 bits per heavy atom. The first-order valence-corrected chi connectivity index (χ1v) is 12.3. The number of H-pyrrole nitrogens is 1. The normalized spacial score (nSPS) is 18.2. The van der Waals surface area contributed by atoms with E-state index >= 15 is 0 Å². The number of nitrogens with zero attached hydrogens (tertiary/aromatic N) is 4. The van der Waals surface area contributed by atoms with Gasteiger partial charge in [0.25, 0.3) is 0 Å². The van der Waals surface area contributed by atoms with E-state index < -0.39 is 10.0 Å². The monoisotopic (exact) mass is 456 g/mol. The van der Waals surface area contributed by atoms with Crippen LogP contribution in [0.4, 0.5) is 5.82 Å². The molecule has 0 amide bonds. The van der Waals surface area contributed by atoms with Crippen LogP contribution in [-0.4, -0.2) is 51.6 Å². The summed E-state index contributed by atoms with van der Waals surface area (Å²) in [6, 6.07) is 4.21. The highest BCUT2D eigenvalue weighted by Gasteiger charge is 2.25. The maximum atomic E-state index is 12.7. The largest absolute Gasteiger partial charge is 0.463 e. The van der Waals surface area contributed by atoms with Crippen molar-refractivity contribution < 1.29 is 13.2 Å². The van der Waals surface area contributed by atoms with Crippen LogP contribution in [0.1, 0.15) is 28.7 Å². The Morgan fingerprint density at radius 3 is 2.78 bits per heavy atom. The van der Waals surface area contributed by atoms with Crippen LogP contribution in [-0.2, 0) is 36.0 Å². The third kappa shape index (κ3) is 3.78. The van der Waals surface area contributed by atoms with Crippen LogP contribution in [0.3, 0.4) is 0 Å². The summed E-state index contributed by atoms with van der Waals surface area (Å²) in [5, 5.41) is 0. The maximum Gasteiger partial charge on any atom is 0.328 e. The number of nitrogens with one attached hydrogen (secondary N) is 1. The molecular weight excluding hydrogens is 432 g/mol. The number of imidazole rings is 1. The molecule has 4 bridgehead atoms. The van der Waals surface area contributed by atoms with Gasteiger partial charge in [0.1, 0.15) is 5.52 Å². The molecule has 3 N–H and O–H groups in total. The molecule has 0 spiro atoms. The summed E-state index contributed by atoms with van der Waals surface area (Å²) in [4.78, 5) is 24.0. The molecule has 11 heteroatoms. The van der Waals surface area contributed by atoms with Gasteiger partial charge in [-0.25, -0.2) is 13.2 Å². The molecule has 10 nitrogen and oxygen atoms in total. The van der Waals surface area contributed by atoms with Crippen molar-refractivity contribution in [1.29, 1.82) is 0 Å². The first-order valence-electron chi connectivity index (χ1n) is 10.4. The molecule has 2 aliphatic heterocycles. The number of ether oxygens (including phenoxy) is 1. The summed E-state index contributed by atoms with van der Waals surface area (Å²) in [5.41, 5.74) is 10.6. The lowest BCUT2D eigenvalue weighted by Gasteiger charge is -2.29. The van der Waals surface area contributed by atoms with Crippen LogP contribution < -0.4 is 16.2 Å². The summed E-state index contributed by atoms with van der Waals surface area (Å²) in [7, 11) is -3.29. The summed E-state index contributed by atoms with van der Waals surface area (Å²) < 4.78 is 32.9. The summed E-state index contributed by atoms with van der Waals surface area (Å²) in [5.74, 6) is 0.151. The maximum absolute atomic E-state index is 12.7. The van der Waals surface area contributed by atoms with Crippen LogP contribution in [0, 0.1) is 0 Å². The number of allylic oxidation sites excluding steroid dienone is 1. The fourth-order valence-electron chi connectivity index (χ4n) is 4.36. The molecule has 32 heavy (non-hydrogen) atoms. The van der Waals surface area contributed by atoms with Gasteiger partial charge in [-0.2, -0.15) is 14.3 Å². The molecule has 3 aromatic rings. The first kappa shape index (κ1) is 20.7. The molecule has 2 aromatic heterocycles.